The van der Waals surface area contributed by atoms with Crippen LogP contribution in [-0.2, 0) is 11.3 Å². The predicted molar refractivity (Wildman–Crippen MR) is 127 cm³/mol. The monoisotopic (exact) mass is 461 g/mol. The number of nitrogens with one attached hydrogen (secondary N) is 1. The van der Waals surface area contributed by atoms with Gasteiger partial charge in [0.25, 0.3) is 0 Å². The highest BCUT2D eigenvalue weighted by atomic mass is 19.1. The zero-order valence-electron chi connectivity index (χ0n) is 19.1. The van der Waals surface area contributed by atoms with Gasteiger partial charge in [-0.25, -0.2) is 4.98 Å². The third-order valence-corrected chi connectivity index (χ3v) is 5.73. The number of aromatic nitrogens is 2. The summed E-state index contributed by atoms with van der Waals surface area (Å²) in [5, 5.41) is 13.1. The van der Waals surface area contributed by atoms with Crippen LogP contribution in [0.5, 0.6) is 17.2 Å². The number of carbonyl (C=O) groups excluding carboxylic acids is 1. The van der Waals surface area contributed by atoms with Gasteiger partial charge in [0, 0.05) is 36.8 Å². The van der Waals surface area contributed by atoms with Gasteiger partial charge in [0.1, 0.15) is 0 Å². The lowest BCUT2D eigenvalue weighted by Crippen LogP contribution is -2.22. The minimum Gasteiger partial charge on any atom is -0.502 e. The molecular weight excluding hydrogens is 437 g/mol. The molecule has 2 heterocycles. The van der Waals surface area contributed by atoms with E-state index in [9.17, 15) is 14.3 Å². The molecule has 8 heteroatoms. The third-order valence-electron chi connectivity index (χ3n) is 5.73. The van der Waals surface area contributed by atoms with Crippen molar-refractivity contribution in [1.29, 1.82) is 0 Å². The third kappa shape index (κ3) is 4.61. The first-order valence-corrected chi connectivity index (χ1v) is 10.6. The molecule has 1 aromatic carbocycles. The molecule has 34 heavy (non-hydrogen) atoms. The van der Waals surface area contributed by atoms with Crippen molar-refractivity contribution >= 4 is 23.1 Å². The van der Waals surface area contributed by atoms with Crippen molar-refractivity contribution in [2.75, 3.05) is 14.2 Å². The van der Waals surface area contributed by atoms with Crippen molar-refractivity contribution < 1.29 is 23.8 Å². The summed E-state index contributed by atoms with van der Waals surface area (Å²) in [4.78, 5) is 20.5. The minimum atomic E-state index is -0.615. The van der Waals surface area contributed by atoms with Crippen LogP contribution in [0.25, 0.3) is 17.2 Å². The van der Waals surface area contributed by atoms with Gasteiger partial charge in [-0.1, -0.05) is 0 Å². The Labute approximate surface area is 196 Å². The maximum Gasteiger partial charge on any atom is 0.224 e. The molecule has 1 amide bonds. The molecule has 0 radical (unpaired) electrons. The quantitative estimate of drug-likeness (QED) is 0.508. The lowest BCUT2D eigenvalue weighted by Gasteiger charge is -2.10. The van der Waals surface area contributed by atoms with Gasteiger partial charge in [0.15, 0.2) is 11.5 Å². The number of pyridine rings is 2. The standard InChI is InChI=1S/C26H24FN3O4/c1-15-18(8-17-9-22(33-2)26(32)23(10-17)34-3)21-14-29-24(27)11-20(21)19(15)12-25(31)30-13-16-4-6-28-7-5-16/h4-11,14,32H,12-13H2,1-3H3,(H,30,31). The van der Waals surface area contributed by atoms with E-state index < -0.39 is 5.95 Å². The molecular formula is C26H24FN3O4. The highest BCUT2D eigenvalue weighted by molar-refractivity contribution is 6.08. The topological polar surface area (TPSA) is 93.6 Å². The van der Waals surface area contributed by atoms with Crippen LogP contribution in [0.1, 0.15) is 35.6 Å². The summed E-state index contributed by atoms with van der Waals surface area (Å²) in [6.45, 7) is 2.27. The fourth-order valence-corrected chi connectivity index (χ4v) is 3.96. The number of halogens is 1. The van der Waals surface area contributed by atoms with Crippen LogP contribution in [0, 0.1) is 5.95 Å². The molecule has 3 aromatic rings. The highest BCUT2D eigenvalue weighted by Crippen LogP contribution is 2.45. The number of aromatic hydroxyl groups is 1. The molecule has 174 valence electrons. The smallest absolute Gasteiger partial charge is 0.224 e. The van der Waals surface area contributed by atoms with Crippen LogP contribution < -0.4 is 14.8 Å². The van der Waals surface area contributed by atoms with E-state index in [0.717, 1.165) is 27.8 Å². The number of benzene rings is 1. The second kappa shape index (κ2) is 9.74. The Bertz CT molecular complexity index is 1280. The maximum absolute atomic E-state index is 14.0. The first kappa shape index (κ1) is 23.0. The Kier molecular flexibility index (Phi) is 6.58. The van der Waals surface area contributed by atoms with Gasteiger partial charge in [-0.05, 0) is 70.7 Å². The lowest BCUT2D eigenvalue weighted by molar-refractivity contribution is -0.120. The van der Waals surface area contributed by atoms with Crippen molar-refractivity contribution in [3.05, 3.63) is 82.7 Å². The molecule has 0 fully saturated rings. The first-order chi connectivity index (χ1) is 16.4. The highest BCUT2D eigenvalue weighted by Gasteiger charge is 2.26. The minimum absolute atomic E-state index is 0.0902. The van der Waals surface area contributed by atoms with Crippen LogP contribution in [0.3, 0.4) is 0 Å². The van der Waals surface area contributed by atoms with E-state index in [0.29, 0.717) is 17.7 Å². The fraction of sp³-hybridized carbons (Fsp3) is 0.192. The van der Waals surface area contributed by atoms with Crippen LogP contribution in [0.2, 0.25) is 0 Å². The van der Waals surface area contributed by atoms with Crippen molar-refractivity contribution in [2.24, 2.45) is 0 Å². The largest absolute Gasteiger partial charge is 0.502 e. The molecule has 7 nitrogen and oxygen atoms in total. The Morgan fingerprint density at radius 1 is 1.12 bits per heavy atom. The summed E-state index contributed by atoms with van der Waals surface area (Å²) in [6, 6.07) is 8.36. The van der Waals surface area contributed by atoms with E-state index in [1.165, 1.54) is 26.5 Å². The molecule has 0 saturated heterocycles. The summed E-state index contributed by atoms with van der Waals surface area (Å²) in [5.41, 5.74) is 5.37. The Morgan fingerprint density at radius 2 is 1.79 bits per heavy atom. The summed E-state index contributed by atoms with van der Waals surface area (Å²) < 4.78 is 24.5. The number of phenolic OH excluding ortho intramolecular Hbond substituents is 1. The van der Waals surface area contributed by atoms with Crippen molar-refractivity contribution in [3.63, 3.8) is 0 Å². The molecule has 0 bridgehead atoms. The molecule has 2 N–H and O–H groups in total. The zero-order valence-corrected chi connectivity index (χ0v) is 19.1. The van der Waals surface area contributed by atoms with E-state index >= 15 is 0 Å². The van der Waals surface area contributed by atoms with E-state index in [4.69, 9.17) is 9.47 Å². The number of hydrogen-bond donors (Lipinski definition) is 2. The number of hydrogen-bond acceptors (Lipinski definition) is 6. The molecule has 0 aliphatic heterocycles. The SMILES string of the molecule is COc1cc(C=C2C(C)=C(CC(=O)NCc3ccncc3)c3cc(F)ncc32)cc(OC)c1O. The van der Waals surface area contributed by atoms with Crippen LogP contribution in [0.4, 0.5) is 4.39 Å². The normalized spacial score (nSPS) is 13.7. The fourth-order valence-electron chi connectivity index (χ4n) is 3.96. The molecule has 2 aromatic heterocycles. The van der Waals surface area contributed by atoms with Crippen molar-refractivity contribution in [2.45, 2.75) is 19.9 Å². The average Bonchev–Trinajstić information content (AvgIpc) is 3.09. The van der Waals surface area contributed by atoms with Gasteiger partial charge in [-0.15, -0.1) is 0 Å². The maximum atomic E-state index is 14.0. The van der Waals surface area contributed by atoms with Crippen molar-refractivity contribution in [1.82, 2.24) is 15.3 Å². The van der Waals surface area contributed by atoms with E-state index in [-0.39, 0.29) is 29.6 Å². The zero-order chi connectivity index (χ0) is 24.2. The molecule has 4 rings (SSSR count). The van der Waals surface area contributed by atoms with Crippen LogP contribution >= 0.6 is 0 Å². The van der Waals surface area contributed by atoms with Gasteiger partial charge in [-0.3, -0.25) is 9.78 Å². The average molecular weight is 461 g/mol. The van der Waals surface area contributed by atoms with E-state index in [1.807, 2.05) is 25.1 Å². The number of allylic oxidation sites excluding steroid dienone is 2. The first-order valence-electron chi connectivity index (χ1n) is 10.6. The van der Waals surface area contributed by atoms with Gasteiger partial charge in [0.2, 0.25) is 17.6 Å². The van der Waals surface area contributed by atoms with E-state index in [2.05, 4.69) is 15.3 Å². The molecule has 0 unspecified atom stereocenters. The number of amides is 1. The molecule has 0 spiro atoms. The van der Waals surface area contributed by atoms with Crippen LogP contribution in [0.15, 0.2) is 54.5 Å². The summed E-state index contributed by atoms with van der Waals surface area (Å²) in [6.07, 6.45) is 6.77. The number of methoxy groups -OCH3 is 2. The lowest BCUT2D eigenvalue weighted by atomic mass is 10.0. The predicted octanol–water partition coefficient (Wildman–Crippen LogP) is 4.37. The summed E-state index contributed by atoms with van der Waals surface area (Å²) in [5.74, 6) is -0.362. The Hall–Kier alpha value is -4.20. The van der Waals surface area contributed by atoms with Crippen LogP contribution in [-0.4, -0.2) is 35.2 Å². The van der Waals surface area contributed by atoms with Gasteiger partial charge in [0.05, 0.1) is 20.6 Å². The Morgan fingerprint density at radius 3 is 2.44 bits per heavy atom. The number of fused-ring (bicyclic) bond motifs is 1. The summed E-state index contributed by atoms with van der Waals surface area (Å²) in [7, 11) is 2.91. The van der Waals surface area contributed by atoms with Gasteiger partial charge >= 0.3 is 0 Å². The number of ether oxygens (including phenoxy) is 2. The summed E-state index contributed by atoms with van der Waals surface area (Å²) >= 11 is 0. The number of carbonyl (C=O) groups is 1. The number of nitrogens with zero attached hydrogens (tertiary/aromatic N) is 2. The van der Waals surface area contributed by atoms with Gasteiger partial charge in [-0.2, -0.15) is 4.39 Å². The molecule has 0 atom stereocenters. The second-order valence-corrected chi connectivity index (χ2v) is 7.80. The number of rotatable bonds is 7. The Balaban J connectivity index is 1.68. The van der Waals surface area contributed by atoms with Gasteiger partial charge < -0.3 is 19.9 Å². The molecule has 0 saturated carbocycles. The molecule has 1 aliphatic rings. The molecule has 1 aliphatic carbocycles. The number of phenols is 1. The van der Waals surface area contributed by atoms with E-state index in [1.54, 1.807) is 24.5 Å². The second-order valence-electron chi connectivity index (χ2n) is 7.80. The van der Waals surface area contributed by atoms with Crippen molar-refractivity contribution in [3.8, 4) is 17.2 Å².